The summed E-state index contributed by atoms with van der Waals surface area (Å²) in [7, 11) is -1.89. The number of hydrogen-bond donors (Lipinski definition) is 2. The summed E-state index contributed by atoms with van der Waals surface area (Å²) in [6, 6.07) is 8.55. The first-order valence-electron chi connectivity index (χ1n) is 10.3. The lowest BCUT2D eigenvalue weighted by molar-refractivity contribution is 0.0442. The van der Waals surface area contributed by atoms with Gasteiger partial charge in [-0.3, -0.25) is 9.62 Å². The van der Waals surface area contributed by atoms with Crippen LogP contribution < -0.4 is 4.72 Å². The number of nitrogens with one attached hydrogen (secondary N) is 2. The molecule has 29 heavy (non-hydrogen) atoms. The van der Waals surface area contributed by atoms with E-state index in [2.05, 4.69) is 25.7 Å². The molecular weight excluding hydrogens is 388 g/mol. The third kappa shape index (κ3) is 4.65. The van der Waals surface area contributed by atoms with Gasteiger partial charge in [0.05, 0.1) is 18.9 Å². The molecule has 2 bridgehead atoms. The van der Waals surface area contributed by atoms with Gasteiger partial charge < -0.3 is 9.72 Å². The molecule has 2 fully saturated rings. The van der Waals surface area contributed by atoms with Crippen LogP contribution in [0, 0.1) is 0 Å². The van der Waals surface area contributed by atoms with E-state index in [4.69, 9.17) is 4.74 Å². The molecule has 2 heterocycles. The van der Waals surface area contributed by atoms with E-state index in [1.807, 2.05) is 30.6 Å². The number of piperidine rings is 1. The Morgan fingerprint density at radius 3 is 3.07 bits per heavy atom. The highest BCUT2D eigenvalue weighted by molar-refractivity contribution is 7.92. The second-order valence-electron chi connectivity index (χ2n) is 8.28. The number of ether oxygens (including phenoxy) is 1. The van der Waals surface area contributed by atoms with E-state index >= 15 is 0 Å². The molecule has 7 nitrogen and oxygen atoms in total. The Hall–Kier alpha value is -1.90. The maximum absolute atomic E-state index is 12.2. The third-order valence-electron chi connectivity index (χ3n) is 6.43. The van der Waals surface area contributed by atoms with Gasteiger partial charge in [-0.1, -0.05) is 18.6 Å². The highest BCUT2D eigenvalue weighted by Crippen LogP contribution is 2.47. The summed E-state index contributed by atoms with van der Waals surface area (Å²) in [5.74, 6) is 0.985. The Balaban J connectivity index is 1.49. The molecule has 1 saturated heterocycles. The lowest BCUT2D eigenvalue weighted by Crippen LogP contribution is -2.51. The van der Waals surface area contributed by atoms with Crippen LogP contribution in [0.5, 0.6) is 0 Å². The summed E-state index contributed by atoms with van der Waals surface area (Å²) in [5.41, 5.74) is 2.04. The van der Waals surface area contributed by atoms with Crippen molar-refractivity contribution in [2.75, 3.05) is 30.7 Å². The summed E-state index contributed by atoms with van der Waals surface area (Å²) in [6.45, 7) is 2.09. The fraction of sp³-hybridized carbons (Fsp3) is 0.571. The number of benzene rings is 1. The quantitative estimate of drug-likeness (QED) is 0.688. The van der Waals surface area contributed by atoms with E-state index in [-0.39, 0.29) is 17.8 Å². The monoisotopic (exact) mass is 418 g/mol. The summed E-state index contributed by atoms with van der Waals surface area (Å²) in [5, 5.41) is 0. The topological polar surface area (TPSA) is 87.3 Å². The van der Waals surface area contributed by atoms with Crippen LogP contribution in [0.1, 0.15) is 43.5 Å². The molecule has 0 amide bonds. The van der Waals surface area contributed by atoms with Gasteiger partial charge in [0, 0.05) is 31.2 Å². The molecule has 0 spiro atoms. The first-order valence-corrected chi connectivity index (χ1v) is 12.0. The summed E-state index contributed by atoms with van der Waals surface area (Å²) < 4.78 is 32.1. The van der Waals surface area contributed by atoms with Crippen molar-refractivity contribution in [3.8, 4) is 0 Å². The zero-order chi connectivity index (χ0) is 20.3. The van der Waals surface area contributed by atoms with Crippen molar-refractivity contribution in [1.29, 1.82) is 0 Å². The highest BCUT2D eigenvalue weighted by atomic mass is 32.2. The molecule has 1 aliphatic carbocycles. The lowest BCUT2D eigenvalue weighted by atomic mass is 9.63. The number of hydrogen-bond acceptors (Lipinski definition) is 5. The van der Waals surface area contributed by atoms with Gasteiger partial charge in [-0.25, -0.2) is 13.4 Å². The van der Waals surface area contributed by atoms with E-state index < -0.39 is 10.0 Å². The van der Waals surface area contributed by atoms with Crippen LogP contribution in [0.25, 0.3) is 0 Å². The minimum absolute atomic E-state index is 0.0390. The Kier molecular flexibility index (Phi) is 5.94. The molecule has 0 radical (unpaired) electrons. The Morgan fingerprint density at radius 2 is 2.28 bits per heavy atom. The van der Waals surface area contributed by atoms with Gasteiger partial charge in [-0.2, -0.15) is 0 Å². The van der Waals surface area contributed by atoms with Crippen molar-refractivity contribution in [3.63, 3.8) is 0 Å². The van der Waals surface area contributed by atoms with Crippen molar-refractivity contribution < 1.29 is 13.2 Å². The molecule has 1 aliphatic heterocycles. The van der Waals surface area contributed by atoms with E-state index in [0.29, 0.717) is 11.7 Å². The molecule has 8 heteroatoms. The maximum atomic E-state index is 12.2. The molecule has 2 N–H and O–H groups in total. The maximum Gasteiger partial charge on any atom is 0.234 e. The fourth-order valence-electron chi connectivity index (χ4n) is 4.94. The van der Waals surface area contributed by atoms with E-state index in [1.165, 1.54) is 25.5 Å². The Bertz CT molecular complexity index is 916. The summed E-state index contributed by atoms with van der Waals surface area (Å²) >= 11 is 0. The SMILES string of the molecule is COCCS(=O)(=O)Nc1cccc(C23CCCC(C2)N(Cc2ncc[nH]2)CC3)c1. The van der Waals surface area contributed by atoms with Crippen LogP contribution in [0.2, 0.25) is 0 Å². The van der Waals surface area contributed by atoms with Gasteiger partial charge in [0.25, 0.3) is 0 Å². The standard InChI is InChI=1S/C21H30N4O3S/c1-28-12-13-29(26,27)24-18-5-2-4-17(14-18)21-7-3-6-19(15-21)25(11-8-21)16-20-22-9-10-23-20/h2,4-5,9-10,14,19,24H,3,6-8,11-13,15-16H2,1H3,(H,22,23). The molecule has 4 rings (SSSR count). The van der Waals surface area contributed by atoms with Crippen LogP contribution in [0.15, 0.2) is 36.7 Å². The summed E-state index contributed by atoms with van der Waals surface area (Å²) in [6.07, 6.45) is 9.47. The van der Waals surface area contributed by atoms with Gasteiger partial charge in [-0.05, 0) is 55.3 Å². The van der Waals surface area contributed by atoms with Crippen LogP contribution in [-0.2, 0) is 26.7 Å². The fourth-order valence-corrected chi connectivity index (χ4v) is 5.91. The van der Waals surface area contributed by atoms with Crippen molar-refractivity contribution in [3.05, 3.63) is 48.0 Å². The Labute approximate surface area is 172 Å². The number of fused-ring (bicyclic) bond motifs is 2. The Morgan fingerprint density at radius 1 is 1.38 bits per heavy atom. The van der Waals surface area contributed by atoms with Crippen LogP contribution >= 0.6 is 0 Å². The molecule has 2 aromatic rings. The lowest BCUT2D eigenvalue weighted by Gasteiger charge is -2.50. The van der Waals surface area contributed by atoms with E-state index in [1.54, 1.807) is 0 Å². The number of anilines is 1. The minimum Gasteiger partial charge on any atom is -0.384 e. The summed E-state index contributed by atoms with van der Waals surface area (Å²) in [4.78, 5) is 10.2. The third-order valence-corrected chi connectivity index (χ3v) is 7.68. The number of sulfonamides is 1. The number of rotatable bonds is 8. The number of aromatic amines is 1. The largest absolute Gasteiger partial charge is 0.384 e. The predicted octanol–water partition coefficient (Wildman–Crippen LogP) is 2.88. The normalized spacial score (nSPS) is 25.1. The highest BCUT2D eigenvalue weighted by Gasteiger charge is 2.43. The van der Waals surface area contributed by atoms with Gasteiger partial charge >= 0.3 is 0 Å². The average Bonchev–Trinajstić information content (AvgIpc) is 3.22. The van der Waals surface area contributed by atoms with Crippen LogP contribution in [0.4, 0.5) is 5.69 Å². The first kappa shape index (κ1) is 20.4. The molecule has 158 valence electrons. The number of nitrogens with zero attached hydrogens (tertiary/aromatic N) is 2. The molecule has 1 aromatic heterocycles. The number of H-pyrrole nitrogens is 1. The van der Waals surface area contributed by atoms with Gasteiger partial charge in [0.15, 0.2) is 0 Å². The molecule has 2 atom stereocenters. The zero-order valence-electron chi connectivity index (χ0n) is 16.9. The molecule has 2 unspecified atom stereocenters. The van der Waals surface area contributed by atoms with Crippen molar-refractivity contribution in [2.24, 2.45) is 0 Å². The smallest absolute Gasteiger partial charge is 0.234 e. The number of methoxy groups -OCH3 is 1. The molecule has 1 saturated carbocycles. The van der Waals surface area contributed by atoms with Crippen molar-refractivity contribution in [2.45, 2.75) is 50.1 Å². The number of imidazole rings is 1. The molecule has 2 aliphatic rings. The van der Waals surface area contributed by atoms with Crippen molar-refractivity contribution in [1.82, 2.24) is 14.9 Å². The number of likely N-dealkylation sites (tertiary alicyclic amines) is 1. The predicted molar refractivity (Wildman–Crippen MR) is 113 cm³/mol. The first-order chi connectivity index (χ1) is 14.0. The van der Waals surface area contributed by atoms with Crippen molar-refractivity contribution >= 4 is 15.7 Å². The molecule has 1 aromatic carbocycles. The van der Waals surface area contributed by atoms with Gasteiger partial charge in [0.2, 0.25) is 10.0 Å². The van der Waals surface area contributed by atoms with Gasteiger partial charge in [0.1, 0.15) is 5.82 Å². The van der Waals surface area contributed by atoms with Crippen LogP contribution in [0.3, 0.4) is 0 Å². The van der Waals surface area contributed by atoms with Crippen LogP contribution in [-0.4, -0.2) is 55.3 Å². The zero-order valence-corrected chi connectivity index (χ0v) is 17.7. The average molecular weight is 419 g/mol. The molecular formula is C21H30N4O3S. The second kappa shape index (κ2) is 8.45. The van der Waals surface area contributed by atoms with E-state index in [0.717, 1.165) is 38.2 Å². The minimum atomic E-state index is -3.40. The van der Waals surface area contributed by atoms with E-state index in [9.17, 15) is 8.42 Å². The number of aromatic nitrogens is 2. The van der Waals surface area contributed by atoms with Gasteiger partial charge in [-0.15, -0.1) is 0 Å². The second-order valence-corrected chi connectivity index (χ2v) is 10.1.